The topological polar surface area (TPSA) is 74.3 Å². The summed E-state index contributed by atoms with van der Waals surface area (Å²) in [6, 6.07) is 15.6. The Hall–Kier alpha value is -3.03. The van der Waals surface area contributed by atoms with E-state index in [0.717, 1.165) is 22.0 Å². The Morgan fingerprint density at radius 3 is 2.80 bits per heavy atom. The van der Waals surface area contributed by atoms with Gasteiger partial charge in [-0.3, -0.25) is 9.69 Å². The van der Waals surface area contributed by atoms with Gasteiger partial charge >= 0.3 is 6.03 Å². The number of benzene rings is 2. The van der Waals surface area contributed by atoms with Gasteiger partial charge in [-0.25, -0.2) is 9.78 Å². The van der Waals surface area contributed by atoms with Crippen LogP contribution in [0.15, 0.2) is 65.8 Å². The van der Waals surface area contributed by atoms with Gasteiger partial charge in [0.05, 0.1) is 5.69 Å². The molecule has 3 aromatic rings. The molecule has 1 aliphatic heterocycles. The number of carbonyl (C=O) groups is 2. The van der Waals surface area contributed by atoms with Crippen molar-refractivity contribution in [3.63, 3.8) is 0 Å². The van der Waals surface area contributed by atoms with E-state index >= 15 is 0 Å². The van der Waals surface area contributed by atoms with Gasteiger partial charge in [-0.2, -0.15) is 0 Å². The highest BCUT2D eigenvalue weighted by Gasteiger charge is 2.23. The van der Waals surface area contributed by atoms with Gasteiger partial charge in [-0.05, 0) is 55.0 Å². The zero-order valence-corrected chi connectivity index (χ0v) is 17.8. The molecule has 0 unspecified atom stereocenters. The Labute approximate surface area is 183 Å². The second kappa shape index (κ2) is 8.77. The Morgan fingerprint density at radius 2 is 1.93 bits per heavy atom. The summed E-state index contributed by atoms with van der Waals surface area (Å²) in [6.07, 6.45) is 1.72. The lowest BCUT2D eigenvalue weighted by atomic mass is 10.1. The summed E-state index contributed by atoms with van der Waals surface area (Å²) in [6.45, 7) is 2.43. The van der Waals surface area contributed by atoms with E-state index in [1.807, 2.05) is 19.1 Å². The van der Waals surface area contributed by atoms with E-state index in [-0.39, 0.29) is 11.9 Å². The molecule has 3 amide bonds. The van der Waals surface area contributed by atoms with Crippen molar-refractivity contribution in [2.24, 2.45) is 0 Å². The van der Waals surface area contributed by atoms with Crippen LogP contribution < -0.4 is 15.5 Å². The Balaban J connectivity index is 1.49. The highest BCUT2D eigenvalue weighted by atomic mass is 35.5. The number of urea groups is 1. The lowest BCUT2D eigenvalue weighted by Gasteiger charge is -2.28. The lowest BCUT2D eigenvalue weighted by molar-refractivity contribution is 0.102. The zero-order valence-electron chi connectivity index (χ0n) is 16.2. The number of aromatic nitrogens is 1. The molecule has 4 rings (SSSR count). The summed E-state index contributed by atoms with van der Waals surface area (Å²) < 4.78 is 0. The molecule has 0 spiro atoms. The average Bonchev–Trinajstić information content (AvgIpc) is 2.76. The fraction of sp³-hybridized carbons (Fsp3) is 0.136. The molecule has 0 fully saturated rings. The van der Waals surface area contributed by atoms with Crippen molar-refractivity contribution in [1.29, 1.82) is 0 Å². The van der Waals surface area contributed by atoms with Gasteiger partial charge in [0.1, 0.15) is 5.03 Å². The molecule has 0 aliphatic carbocycles. The fourth-order valence-electron chi connectivity index (χ4n) is 3.13. The molecule has 0 saturated carbocycles. The number of hydrogen-bond donors (Lipinski definition) is 2. The molecular weight excluding hydrogens is 420 g/mol. The maximum absolute atomic E-state index is 12.8. The first kappa shape index (κ1) is 20.3. The number of carbonyl (C=O) groups excluding carboxylic acids is 2. The van der Waals surface area contributed by atoms with Gasteiger partial charge in [-0.15, -0.1) is 11.8 Å². The second-order valence-electron chi connectivity index (χ2n) is 6.71. The molecule has 8 heteroatoms. The standard InChI is InChI=1S/C22H19ClN4O2S/c1-14-17(23)7-3-8-18(14)26-20(28)15-5-2-6-16(13-15)25-22(29)27-11-12-30-21-19(27)9-4-10-24-21/h2-10,13H,11-12H2,1H3,(H,25,29)(H,26,28). The summed E-state index contributed by atoms with van der Waals surface area (Å²) in [5, 5.41) is 7.17. The van der Waals surface area contributed by atoms with Gasteiger partial charge < -0.3 is 10.6 Å². The minimum atomic E-state index is -0.277. The van der Waals surface area contributed by atoms with Crippen molar-refractivity contribution >= 4 is 52.4 Å². The molecule has 6 nitrogen and oxygen atoms in total. The predicted molar refractivity (Wildman–Crippen MR) is 122 cm³/mol. The molecule has 2 aromatic carbocycles. The van der Waals surface area contributed by atoms with Crippen LogP contribution in [-0.2, 0) is 0 Å². The number of rotatable bonds is 3. The van der Waals surface area contributed by atoms with Crippen LogP contribution in [0.5, 0.6) is 0 Å². The largest absolute Gasteiger partial charge is 0.326 e. The van der Waals surface area contributed by atoms with E-state index < -0.39 is 0 Å². The third kappa shape index (κ3) is 4.27. The summed E-state index contributed by atoms with van der Waals surface area (Å²) in [5.41, 5.74) is 3.21. The number of amides is 3. The van der Waals surface area contributed by atoms with E-state index in [9.17, 15) is 9.59 Å². The maximum atomic E-state index is 12.8. The second-order valence-corrected chi connectivity index (χ2v) is 8.20. The number of nitrogens with zero attached hydrogens (tertiary/aromatic N) is 2. The Bertz CT molecular complexity index is 1120. The van der Waals surface area contributed by atoms with E-state index in [1.54, 1.807) is 65.3 Å². The number of hydrogen-bond acceptors (Lipinski definition) is 4. The van der Waals surface area contributed by atoms with Crippen molar-refractivity contribution in [3.05, 3.63) is 76.9 Å². The predicted octanol–water partition coefficient (Wildman–Crippen LogP) is 5.44. The SMILES string of the molecule is Cc1c(Cl)cccc1NC(=O)c1cccc(NC(=O)N2CCSc3ncccc32)c1. The fourth-order valence-corrected chi connectivity index (χ4v) is 4.23. The summed E-state index contributed by atoms with van der Waals surface area (Å²) in [5.74, 6) is 0.499. The van der Waals surface area contributed by atoms with Crippen LogP contribution in [0.4, 0.5) is 21.9 Å². The van der Waals surface area contributed by atoms with Gasteiger partial charge in [-0.1, -0.05) is 23.7 Å². The molecule has 1 aromatic heterocycles. The molecule has 30 heavy (non-hydrogen) atoms. The van der Waals surface area contributed by atoms with Gasteiger partial charge in [0.2, 0.25) is 0 Å². The molecule has 2 heterocycles. The van der Waals surface area contributed by atoms with E-state index in [4.69, 9.17) is 11.6 Å². The molecule has 0 radical (unpaired) electrons. The monoisotopic (exact) mass is 438 g/mol. The van der Waals surface area contributed by atoms with Crippen LogP contribution in [0.2, 0.25) is 5.02 Å². The van der Waals surface area contributed by atoms with E-state index in [1.165, 1.54) is 0 Å². The van der Waals surface area contributed by atoms with Crippen LogP contribution in [0.25, 0.3) is 0 Å². The Kier molecular flexibility index (Phi) is 5.92. The number of fused-ring (bicyclic) bond motifs is 1. The third-order valence-corrected chi connectivity index (χ3v) is 6.12. The maximum Gasteiger partial charge on any atom is 0.326 e. The van der Waals surface area contributed by atoms with Crippen molar-refractivity contribution < 1.29 is 9.59 Å². The van der Waals surface area contributed by atoms with E-state index in [2.05, 4.69) is 15.6 Å². The van der Waals surface area contributed by atoms with Crippen LogP contribution in [0.3, 0.4) is 0 Å². The van der Waals surface area contributed by atoms with Crippen LogP contribution in [-0.4, -0.2) is 29.2 Å². The molecule has 0 atom stereocenters. The minimum Gasteiger partial charge on any atom is -0.322 e. The highest BCUT2D eigenvalue weighted by molar-refractivity contribution is 7.99. The van der Waals surface area contributed by atoms with Gasteiger partial charge in [0.25, 0.3) is 5.91 Å². The van der Waals surface area contributed by atoms with Crippen molar-refractivity contribution in [2.45, 2.75) is 11.9 Å². The van der Waals surface area contributed by atoms with Crippen LogP contribution in [0.1, 0.15) is 15.9 Å². The number of thioether (sulfide) groups is 1. The zero-order chi connectivity index (χ0) is 21.1. The molecule has 0 saturated heterocycles. The number of halogens is 1. The first-order valence-corrected chi connectivity index (χ1v) is 10.7. The molecule has 152 valence electrons. The highest BCUT2D eigenvalue weighted by Crippen LogP contribution is 2.32. The third-order valence-electron chi connectivity index (χ3n) is 4.73. The molecule has 0 bridgehead atoms. The average molecular weight is 439 g/mol. The molecule has 1 aliphatic rings. The first-order valence-electron chi connectivity index (χ1n) is 9.36. The first-order chi connectivity index (χ1) is 14.5. The number of nitrogens with one attached hydrogen (secondary N) is 2. The number of anilines is 3. The quantitative estimate of drug-likeness (QED) is 0.571. The molecule has 2 N–H and O–H groups in total. The van der Waals surface area contributed by atoms with Crippen molar-refractivity contribution in [3.8, 4) is 0 Å². The minimum absolute atomic E-state index is 0.257. The summed E-state index contributed by atoms with van der Waals surface area (Å²) in [4.78, 5) is 31.5. The smallest absolute Gasteiger partial charge is 0.322 e. The molecular formula is C22H19ClN4O2S. The van der Waals surface area contributed by atoms with Crippen LogP contribution in [0, 0.1) is 6.92 Å². The van der Waals surface area contributed by atoms with Crippen LogP contribution >= 0.6 is 23.4 Å². The number of pyridine rings is 1. The summed E-state index contributed by atoms with van der Waals surface area (Å²) in [7, 11) is 0. The lowest BCUT2D eigenvalue weighted by Crippen LogP contribution is -2.38. The normalized spacial score (nSPS) is 12.8. The van der Waals surface area contributed by atoms with Crippen molar-refractivity contribution in [2.75, 3.05) is 27.8 Å². The van der Waals surface area contributed by atoms with Gasteiger partial charge in [0, 0.05) is 40.5 Å². The Morgan fingerprint density at radius 1 is 1.10 bits per heavy atom. The summed E-state index contributed by atoms with van der Waals surface area (Å²) >= 11 is 7.76. The van der Waals surface area contributed by atoms with Crippen molar-refractivity contribution in [1.82, 2.24) is 4.98 Å². The van der Waals surface area contributed by atoms with Gasteiger partial charge in [0.15, 0.2) is 0 Å². The van der Waals surface area contributed by atoms with E-state index in [0.29, 0.717) is 28.5 Å².